The van der Waals surface area contributed by atoms with Gasteiger partial charge in [0.2, 0.25) is 0 Å². The zero-order chi connectivity index (χ0) is 44.5. The molecule has 0 amide bonds. The molecule has 24 heteroatoms. The van der Waals surface area contributed by atoms with Crippen LogP contribution in [0.25, 0.3) is 0 Å². The van der Waals surface area contributed by atoms with E-state index in [2.05, 4.69) is 18.1 Å². The van der Waals surface area contributed by atoms with Crippen LogP contribution >= 0.6 is 31.0 Å². The number of nitrogens with two attached hydrogens (primary N) is 4. The molecule has 0 aliphatic rings. The lowest BCUT2D eigenvalue weighted by Gasteiger charge is -2.26. The predicted octanol–water partition coefficient (Wildman–Crippen LogP) is 8.31. The van der Waals surface area contributed by atoms with E-state index in [0.29, 0.717) is 19.3 Å². The monoisotopic (exact) mass is 878 g/mol. The molecule has 0 bridgehead atoms. The average Bonchev–Trinajstić information content (AvgIpc) is 3.01. The van der Waals surface area contributed by atoms with Gasteiger partial charge in [0, 0.05) is 26.2 Å². The maximum atomic E-state index is 11.5. The zero-order valence-corrected chi connectivity index (χ0v) is 38.7. The van der Waals surface area contributed by atoms with E-state index in [9.17, 15) is 37.4 Å². The van der Waals surface area contributed by atoms with Gasteiger partial charge in [0.05, 0.1) is 24.4 Å². The summed E-state index contributed by atoms with van der Waals surface area (Å²) in [4.78, 5) is 42.9. The summed E-state index contributed by atoms with van der Waals surface area (Å²) in [5.41, 5.74) is 20.0. The summed E-state index contributed by atoms with van der Waals surface area (Å²) in [7, 11) is -14.9. The molecule has 0 fully saturated rings. The van der Waals surface area contributed by atoms with Crippen LogP contribution < -0.4 is 22.0 Å². The van der Waals surface area contributed by atoms with Gasteiger partial charge in [-0.1, -0.05) is 75.7 Å². The maximum Gasteiger partial charge on any atom is 0.458 e. The second kappa shape index (κ2) is 28.8. The molecular formula is C31H70N4O16P4. The third kappa shape index (κ3) is 40.5. The normalized spacial score (nSPS) is 16.2. The smallest absolute Gasteiger partial charge is 0.380 e. The Bertz CT molecular complexity index is 1340. The van der Waals surface area contributed by atoms with E-state index < -0.39 is 60.5 Å². The van der Waals surface area contributed by atoms with Crippen LogP contribution in [0.15, 0.2) is 0 Å². The Kier molecular flexibility index (Phi) is 31.5. The number of carbonyl (C=O) groups excluding carboxylic acids is 4. The molecule has 0 radical (unpaired) electrons. The lowest BCUT2D eigenvalue weighted by atomic mass is 9.99. The Hall–Kier alpha value is -1.52. The van der Waals surface area contributed by atoms with Crippen LogP contribution in [0.4, 0.5) is 0 Å². The summed E-state index contributed by atoms with van der Waals surface area (Å²) in [6.07, 6.45) is 3.49. The SMILES string of the molecule is CCC(=O)OP(N)(=O)OC(C)(C)CC.CCC(=O)OP(N)(=O)OC(CC)CC.CCC(=O)OP(N)(=O)OCC(C)(C)C.CCCC(C)OP(N)(=O)OC(C)=O. The van der Waals surface area contributed by atoms with Gasteiger partial charge in [0.1, 0.15) is 0 Å². The van der Waals surface area contributed by atoms with E-state index in [1.807, 2.05) is 48.5 Å². The maximum absolute atomic E-state index is 11.5. The molecule has 0 aliphatic heterocycles. The number of rotatable bonds is 20. The van der Waals surface area contributed by atoms with Crippen molar-refractivity contribution in [2.45, 2.75) is 166 Å². The highest BCUT2D eigenvalue weighted by Crippen LogP contribution is 2.45. The Morgan fingerprint density at radius 1 is 0.600 bits per heavy atom. The first-order valence-corrected chi connectivity index (χ1v) is 24.3. The first-order valence-electron chi connectivity index (χ1n) is 17.8. The minimum absolute atomic E-state index is 0.122. The van der Waals surface area contributed by atoms with E-state index in [1.54, 1.807) is 41.5 Å². The molecule has 5 atom stereocenters. The average molecular weight is 879 g/mol. The lowest BCUT2D eigenvalue weighted by Crippen LogP contribution is -2.25. The summed E-state index contributed by atoms with van der Waals surface area (Å²) in [5, 5.41) is 0. The van der Waals surface area contributed by atoms with Crippen molar-refractivity contribution in [2.24, 2.45) is 27.4 Å². The molecule has 0 heterocycles. The van der Waals surface area contributed by atoms with Crippen molar-refractivity contribution in [3.05, 3.63) is 0 Å². The van der Waals surface area contributed by atoms with Gasteiger partial charge in [-0.15, -0.1) is 0 Å². The second-order valence-corrected chi connectivity index (χ2v) is 19.4. The first-order chi connectivity index (χ1) is 24.7. The van der Waals surface area contributed by atoms with Gasteiger partial charge in [-0.3, -0.25) is 37.3 Å². The van der Waals surface area contributed by atoms with Crippen LogP contribution in [-0.2, 0) is 73.6 Å². The molecule has 20 nitrogen and oxygen atoms in total. The molecule has 0 saturated heterocycles. The fourth-order valence-corrected chi connectivity index (χ4v) is 7.41. The highest BCUT2D eigenvalue weighted by atomic mass is 31.2. The highest BCUT2D eigenvalue weighted by Gasteiger charge is 2.31. The van der Waals surface area contributed by atoms with Crippen LogP contribution in [0, 0.1) is 5.41 Å². The van der Waals surface area contributed by atoms with Gasteiger partial charge in [-0.25, -0.2) is 40.3 Å². The molecular weight excluding hydrogens is 808 g/mol. The van der Waals surface area contributed by atoms with Crippen molar-refractivity contribution in [2.75, 3.05) is 6.61 Å². The molecule has 0 rings (SSSR count). The minimum atomic E-state index is -3.75. The van der Waals surface area contributed by atoms with Gasteiger partial charge in [0.15, 0.2) is 0 Å². The van der Waals surface area contributed by atoms with E-state index in [-0.39, 0.29) is 43.5 Å². The van der Waals surface area contributed by atoms with Crippen molar-refractivity contribution >= 4 is 54.9 Å². The molecule has 5 unspecified atom stereocenters. The Balaban J connectivity index is -0.000000315. The van der Waals surface area contributed by atoms with Crippen molar-refractivity contribution in [1.29, 1.82) is 0 Å². The van der Waals surface area contributed by atoms with Crippen molar-refractivity contribution < 1.29 is 73.6 Å². The first kappa shape index (κ1) is 60.2. The molecule has 330 valence electrons. The number of hydrogen-bond donors (Lipinski definition) is 4. The Morgan fingerprint density at radius 2 is 0.982 bits per heavy atom. The largest absolute Gasteiger partial charge is 0.458 e. The fraction of sp³-hybridized carbons (Fsp3) is 0.871. The summed E-state index contributed by atoms with van der Waals surface area (Å²) < 4.78 is 83.0. The summed E-state index contributed by atoms with van der Waals surface area (Å²) in [6, 6.07) is 0. The quantitative estimate of drug-likeness (QED) is 0.0835. The molecule has 0 spiro atoms. The highest BCUT2D eigenvalue weighted by molar-refractivity contribution is 7.52. The van der Waals surface area contributed by atoms with Gasteiger partial charge in [0.25, 0.3) is 0 Å². The molecule has 0 aliphatic carbocycles. The van der Waals surface area contributed by atoms with Gasteiger partial charge in [-0.05, 0) is 51.9 Å². The number of carbonyl (C=O) groups is 4. The third-order valence-corrected chi connectivity index (χ3v) is 10.3. The summed E-state index contributed by atoms with van der Waals surface area (Å²) in [5.74, 6) is -2.55. The van der Waals surface area contributed by atoms with Crippen LogP contribution in [0.1, 0.15) is 148 Å². The van der Waals surface area contributed by atoms with E-state index in [4.69, 9.17) is 40.1 Å². The van der Waals surface area contributed by atoms with E-state index in [1.165, 1.54) is 0 Å². The topological polar surface area (TPSA) is 314 Å². The van der Waals surface area contributed by atoms with Gasteiger partial charge < -0.3 is 18.1 Å². The van der Waals surface area contributed by atoms with Crippen LogP contribution in [0.5, 0.6) is 0 Å². The standard InChI is InChI=1S/3C8H18NO4P.C7H16NO4P/c1-5-7(10)13-14(9,11)12-6-8(2,3)4;1-5-7(10)12-14(9,11)13-8(3,4)6-2;1-4-7(5-2)12-14(9,11)13-8(10)6-3;1-4-5-6(2)11-13(8,10)12-7(3)9/h2*5-6H2,1-4H3,(H2,9,11);7H,4-6H2,1-3H3,(H2,9,11);6H,4-5H2,1-3H3,(H2,8,10). The van der Waals surface area contributed by atoms with Crippen LogP contribution in [-0.4, -0.2) is 48.3 Å². The molecule has 0 aromatic carbocycles. The molecule has 55 heavy (non-hydrogen) atoms. The van der Waals surface area contributed by atoms with E-state index in [0.717, 1.165) is 19.8 Å². The van der Waals surface area contributed by atoms with Crippen molar-refractivity contribution in [3.63, 3.8) is 0 Å². The van der Waals surface area contributed by atoms with Crippen LogP contribution in [0.3, 0.4) is 0 Å². The van der Waals surface area contributed by atoms with Gasteiger partial charge in [-0.2, -0.15) is 0 Å². The molecule has 0 aromatic heterocycles. The Labute approximate surface area is 328 Å². The van der Waals surface area contributed by atoms with Crippen LogP contribution in [0.2, 0.25) is 0 Å². The zero-order valence-electron chi connectivity index (χ0n) is 35.1. The minimum Gasteiger partial charge on any atom is -0.380 e. The third-order valence-electron chi connectivity index (χ3n) is 5.94. The van der Waals surface area contributed by atoms with Crippen molar-refractivity contribution in [1.82, 2.24) is 0 Å². The fourth-order valence-electron chi connectivity index (χ4n) is 2.93. The second-order valence-electron chi connectivity index (χ2n) is 13.5. The summed E-state index contributed by atoms with van der Waals surface area (Å²) >= 11 is 0. The molecule has 0 aromatic rings. The number of hydrogen-bond acceptors (Lipinski definition) is 16. The van der Waals surface area contributed by atoms with Gasteiger partial charge >= 0.3 is 54.9 Å². The Morgan fingerprint density at radius 3 is 1.31 bits per heavy atom. The molecule has 8 N–H and O–H groups in total. The predicted molar refractivity (Wildman–Crippen MR) is 210 cm³/mol. The summed E-state index contributed by atoms with van der Waals surface area (Å²) in [6.45, 7) is 24.6. The van der Waals surface area contributed by atoms with E-state index >= 15 is 0 Å². The van der Waals surface area contributed by atoms with Crippen molar-refractivity contribution in [3.8, 4) is 0 Å². The molecule has 0 saturated carbocycles. The lowest BCUT2D eigenvalue weighted by molar-refractivity contribution is -0.136.